The molecule has 0 spiro atoms. The van der Waals surface area contributed by atoms with Crippen LogP contribution in [0.15, 0.2) is 17.0 Å². The first-order chi connectivity index (χ1) is 10.8. The third-order valence-electron chi connectivity index (χ3n) is 4.63. The van der Waals surface area contributed by atoms with E-state index in [0.717, 1.165) is 37.7 Å². The number of aryl methyl sites for hydroxylation is 1. The van der Waals surface area contributed by atoms with E-state index in [9.17, 15) is 17.2 Å². The smallest absolute Gasteiger partial charge is 0.243 e. The van der Waals surface area contributed by atoms with Crippen LogP contribution in [0.1, 0.15) is 31.2 Å². The van der Waals surface area contributed by atoms with Crippen LogP contribution in [0.4, 0.5) is 8.78 Å². The molecule has 1 saturated carbocycles. The summed E-state index contributed by atoms with van der Waals surface area (Å²) in [6, 6.07) is 1.45. The number of hydrogen-bond donors (Lipinski definition) is 1. The van der Waals surface area contributed by atoms with Gasteiger partial charge in [0, 0.05) is 12.6 Å². The molecule has 0 radical (unpaired) electrons. The number of rotatable bonds is 5. The van der Waals surface area contributed by atoms with Crippen molar-refractivity contribution in [2.75, 3.05) is 19.6 Å². The van der Waals surface area contributed by atoms with Crippen molar-refractivity contribution in [2.45, 2.75) is 43.5 Å². The molecule has 0 bridgehead atoms. The summed E-state index contributed by atoms with van der Waals surface area (Å²) >= 11 is 0. The zero-order valence-electron chi connectivity index (χ0n) is 13.2. The molecule has 3 rings (SSSR count). The van der Waals surface area contributed by atoms with Gasteiger partial charge in [-0.25, -0.2) is 21.9 Å². The highest BCUT2D eigenvalue weighted by Gasteiger charge is 2.30. The highest BCUT2D eigenvalue weighted by Crippen LogP contribution is 2.30. The quantitative estimate of drug-likeness (QED) is 0.892. The molecule has 2 aliphatic rings. The monoisotopic (exact) mass is 344 g/mol. The maximum absolute atomic E-state index is 13.9. The fraction of sp³-hybridized carbons (Fsp3) is 0.625. The third kappa shape index (κ3) is 4.08. The number of likely N-dealkylation sites (tertiary alicyclic amines) is 1. The summed E-state index contributed by atoms with van der Waals surface area (Å²) in [6.45, 7) is 4.18. The molecule has 1 aromatic carbocycles. The first-order valence-electron chi connectivity index (χ1n) is 8.05. The van der Waals surface area contributed by atoms with Crippen molar-refractivity contribution in [3.05, 3.63) is 29.3 Å². The predicted molar refractivity (Wildman–Crippen MR) is 83.6 cm³/mol. The summed E-state index contributed by atoms with van der Waals surface area (Å²) in [6.07, 6.45) is 3.99. The summed E-state index contributed by atoms with van der Waals surface area (Å²) in [5.41, 5.74) is 0.0924. The SMILES string of the molecule is Cc1cc(F)c(S(=O)(=O)NC2CCN(CC3CC3)CC2)cc1F. The second-order valence-electron chi connectivity index (χ2n) is 6.67. The molecule has 0 amide bonds. The molecule has 1 heterocycles. The van der Waals surface area contributed by atoms with Gasteiger partial charge in [0.05, 0.1) is 0 Å². The van der Waals surface area contributed by atoms with Crippen molar-refractivity contribution < 1.29 is 17.2 Å². The molecule has 1 aliphatic carbocycles. The molecule has 1 saturated heterocycles. The molecule has 7 heteroatoms. The predicted octanol–water partition coefficient (Wildman–Crippen LogP) is 2.43. The minimum Gasteiger partial charge on any atom is -0.303 e. The molecule has 0 atom stereocenters. The van der Waals surface area contributed by atoms with Crippen LogP contribution in [0.5, 0.6) is 0 Å². The summed E-state index contributed by atoms with van der Waals surface area (Å²) in [5.74, 6) is -0.818. The molecular weight excluding hydrogens is 322 g/mol. The Hall–Kier alpha value is -1.05. The average Bonchev–Trinajstić information content (AvgIpc) is 3.28. The van der Waals surface area contributed by atoms with Crippen LogP contribution in [0, 0.1) is 24.5 Å². The van der Waals surface area contributed by atoms with Gasteiger partial charge in [-0.3, -0.25) is 0 Å². The Morgan fingerprint density at radius 1 is 1.13 bits per heavy atom. The number of benzene rings is 1. The fourth-order valence-electron chi connectivity index (χ4n) is 3.02. The number of sulfonamides is 1. The Bertz CT molecular complexity index is 682. The number of piperidine rings is 1. The summed E-state index contributed by atoms with van der Waals surface area (Å²) in [4.78, 5) is 1.75. The molecule has 0 aromatic heterocycles. The highest BCUT2D eigenvalue weighted by molar-refractivity contribution is 7.89. The lowest BCUT2D eigenvalue weighted by molar-refractivity contribution is 0.200. The third-order valence-corrected chi connectivity index (χ3v) is 6.16. The molecule has 2 fully saturated rings. The molecule has 1 aromatic rings. The van der Waals surface area contributed by atoms with Crippen LogP contribution in [0.3, 0.4) is 0 Å². The summed E-state index contributed by atoms with van der Waals surface area (Å²) in [7, 11) is -4.04. The van der Waals surface area contributed by atoms with Gasteiger partial charge >= 0.3 is 0 Å². The zero-order valence-corrected chi connectivity index (χ0v) is 14.0. The Balaban J connectivity index is 1.64. The Labute approximate surface area is 135 Å². The number of nitrogens with zero attached hydrogens (tertiary/aromatic N) is 1. The van der Waals surface area contributed by atoms with Gasteiger partial charge in [-0.05, 0) is 69.3 Å². The first kappa shape index (κ1) is 16.8. The molecule has 1 N–H and O–H groups in total. The van der Waals surface area contributed by atoms with Gasteiger partial charge in [-0.1, -0.05) is 0 Å². The van der Waals surface area contributed by atoms with Gasteiger partial charge in [0.1, 0.15) is 16.5 Å². The molecule has 1 aliphatic heterocycles. The lowest BCUT2D eigenvalue weighted by Gasteiger charge is -2.32. The van der Waals surface area contributed by atoms with Crippen LogP contribution < -0.4 is 4.72 Å². The Morgan fingerprint density at radius 3 is 2.39 bits per heavy atom. The van der Waals surface area contributed by atoms with Crippen LogP contribution in [-0.2, 0) is 10.0 Å². The van der Waals surface area contributed by atoms with Crippen molar-refractivity contribution in [1.29, 1.82) is 0 Å². The maximum Gasteiger partial charge on any atom is 0.243 e. The Morgan fingerprint density at radius 2 is 1.78 bits per heavy atom. The van der Waals surface area contributed by atoms with Crippen molar-refractivity contribution >= 4 is 10.0 Å². The van der Waals surface area contributed by atoms with E-state index >= 15 is 0 Å². The first-order valence-corrected chi connectivity index (χ1v) is 9.54. The summed E-state index contributed by atoms with van der Waals surface area (Å²) < 4.78 is 54.7. The van der Waals surface area contributed by atoms with Gasteiger partial charge in [-0.15, -0.1) is 0 Å². The van der Waals surface area contributed by atoms with Gasteiger partial charge in [-0.2, -0.15) is 0 Å². The molecule has 4 nitrogen and oxygen atoms in total. The van der Waals surface area contributed by atoms with E-state index in [-0.39, 0.29) is 11.6 Å². The van der Waals surface area contributed by atoms with E-state index in [2.05, 4.69) is 9.62 Å². The van der Waals surface area contributed by atoms with E-state index < -0.39 is 26.6 Å². The van der Waals surface area contributed by atoms with Gasteiger partial charge in [0.15, 0.2) is 0 Å². The fourth-order valence-corrected chi connectivity index (χ4v) is 4.39. The second-order valence-corrected chi connectivity index (χ2v) is 8.35. The Kier molecular flexibility index (Phi) is 4.71. The van der Waals surface area contributed by atoms with E-state index in [0.29, 0.717) is 12.8 Å². The lowest BCUT2D eigenvalue weighted by Crippen LogP contribution is -2.45. The van der Waals surface area contributed by atoms with Crippen LogP contribution >= 0.6 is 0 Å². The lowest BCUT2D eigenvalue weighted by atomic mass is 10.1. The number of halogens is 2. The normalized spacial score (nSPS) is 20.8. The van der Waals surface area contributed by atoms with Crippen molar-refractivity contribution in [1.82, 2.24) is 9.62 Å². The van der Waals surface area contributed by atoms with E-state index in [1.54, 1.807) is 0 Å². The maximum atomic E-state index is 13.9. The molecule has 0 unspecified atom stereocenters. The van der Waals surface area contributed by atoms with E-state index in [1.807, 2.05) is 0 Å². The largest absolute Gasteiger partial charge is 0.303 e. The highest BCUT2D eigenvalue weighted by atomic mass is 32.2. The summed E-state index contributed by atoms with van der Waals surface area (Å²) in [5, 5.41) is 0. The zero-order chi connectivity index (χ0) is 16.6. The van der Waals surface area contributed by atoms with Gasteiger partial charge in [0.25, 0.3) is 0 Å². The number of nitrogens with one attached hydrogen (secondary N) is 1. The standard InChI is InChI=1S/C16H22F2N2O2S/c1-11-8-15(18)16(9-14(11)17)23(21,22)19-13-4-6-20(7-5-13)10-12-2-3-12/h8-9,12-13,19H,2-7,10H2,1H3. The van der Waals surface area contributed by atoms with Crippen LogP contribution in [0.25, 0.3) is 0 Å². The van der Waals surface area contributed by atoms with Crippen LogP contribution in [0.2, 0.25) is 0 Å². The topological polar surface area (TPSA) is 49.4 Å². The minimum atomic E-state index is -4.04. The molecular formula is C16H22F2N2O2S. The number of hydrogen-bond acceptors (Lipinski definition) is 3. The van der Waals surface area contributed by atoms with Crippen LogP contribution in [-0.4, -0.2) is 39.0 Å². The van der Waals surface area contributed by atoms with E-state index in [1.165, 1.54) is 19.8 Å². The average molecular weight is 344 g/mol. The minimum absolute atomic E-state index is 0.0924. The van der Waals surface area contributed by atoms with Gasteiger partial charge in [0.2, 0.25) is 10.0 Å². The van der Waals surface area contributed by atoms with Crippen molar-refractivity contribution in [3.8, 4) is 0 Å². The molecule has 23 heavy (non-hydrogen) atoms. The van der Waals surface area contributed by atoms with E-state index in [4.69, 9.17) is 0 Å². The van der Waals surface area contributed by atoms with Gasteiger partial charge < -0.3 is 4.90 Å². The van der Waals surface area contributed by atoms with Crippen molar-refractivity contribution in [3.63, 3.8) is 0 Å². The molecule has 128 valence electrons. The second kappa shape index (κ2) is 6.45. The van der Waals surface area contributed by atoms with Crippen molar-refractivity contribution in [2.24, 2.45) is 5.92 Å².